The minimum absolute atomic E-state index is 0.519. The van der Waals surface area contributed by atoms with Gasteiger partial charge in [-0.25, -0.2) is 4.79 Å². The largest absolute Gasteiger partial charge is 0.511 e. The van der Waals surface area contributed by atoms with Crippen molar-refractivity contribution in [1.82, 2.24) is 0 Å². The van der Waals surface area contributed by atoms with Crippen molar-refractivity contribution in [2.75, 3.05) is 0 Å². The van der Waals surface area contributed by atoms with E-state index >= 15 is 0 Å². The number of hydrogen-bond acceptors (Lipinski definition) is 2. The third-order valence-electron chi connectivity index (χ3n) is 6.23. The molecule has 0 saturated heterocycles. The fraction of sp³-hybridized carbons (Fsp3) is 0.552. The Balaban J connectivity index is 2.68. The van der Waals surface area contributed by atoms with Crippen LogP contribution in [0.25, 0.3) is 11.1 Å². The number of rotatable bonds is 14. The Hall–Kier alpha value is -2.29. The molecule has 3 nitrogen and oxygen atoms in total. The van der Waals surface area contributed by atoms with Crippen LogP contribution >= 0.6 is 0 Å². The highest BCUT2D eigenvalue weighted by Crippen LogP contribution is 2.38. The van der Waals surface area contributed by atoms with Gasteiger partial charge in [0.05, 0.1) is 0 Å². The predicted molar refractivity (Wildman–Crippen MR) is 135 cm³/mol. The van der Waals surface area contributed by atoms with Gasteiger partial charge in [0.15, 0.2) is 0 Å². The van der Waals surface area contributed by atoms with E-state index in [-0.39, 0.29) is 0 Å². The molecule has 176 valence electrons. The molecule has 2 aromatic rings. The topological polar surface area (TPSA) is 46.5 Å². The highest BCUT2D eigenvalue weighted by molar-refractivity contribution is 5.75. The summed E-state index contributed by atoms with van der Waals surface area (Å²) in [5.74, 6) is 0.519. The molecule has 32 heavy (non-hydrogen) atoms. The Bertz CT molecular complexity index is 854. The van der Waals surface area contributed by atoms with Crippen molar-refractivity contribution in [2.24, 2.45) is 0 Å². The lowest BCUT2D eigenvalue weighted by Gasteiger charge is -2.21. The van der Waals surface area contributed by atoms with Crippen LogP contribution in [-0.2, 0) is 25.7 Å². The monoisotopic (exact) mass is 438 g/mol. The molecular weight excluding hydrogens is 396 g/mol. The first kappa shape index (κ1) is 26.0. The molecule has 0 radical (unpaired) electrons. The number of unbranched alkanes of at least 4 members (excludes halogenated alkanes) is 4. The zero-order valence-electron chi connectivity index (χ0n) is 20.6. The quantitative estimate of drug-likeness (QED) is 0.182. The lowest BCUT2D eigenvalue weighted by Crippen LogP contribution is -2.09. The van der Waals surface area contributed by atoms with Gasteiger partial charge in [-0.3, -0.25) is 0 Å². The Morgan fingerprint density at radius 1 is 0.688 bits per heavy atom. The summed E-state index contributed by atoms with van der Waals surface area (Å²) in [4.78, 5) is 11.4. The highest BCUT2D eigenvalue weighted by Gasteiger charge is 2.19. The summed E-state index contributed by atoms with van der Waals surface area (Å²) in [5.41, 5.74) is 7.89. The van der Waals surface area contributed by atoms with E-state index in [1.807, 2.05) is 6.07 Å². The minimum atomic E-state index is -1.23. The first-order chi connectivity index (χ1) is 15.6. The molecule has 0 bridgehead atoms. The molecule has 0 aromatic heterocycles. The van der Waals surface area contributed by atoms with E-state index in [0.29, 0.717) is 5.75 Å². The van der Waals surface area contributed by atoms with Crippen LogP contribution in [0.1, 0.15) is 101 Å². The van der Waals surface area contributed by atoms with Crippen LogP contribution < -0.4 is 4.74 Å². The van der Waals surface area contributed by atoms with Gasteiger partial charge in [-0.15, -0.1) is 0 Å². The average Bonchev–Trinajstić information content (AvgIpc) is 2.77. The fourth-order valence-corrected chi connectivity index (χ4v) is 4.71. The maximum Gasteiger partial charge on any atom is 0.511 e. The van der Waals surface area contributed by atoms with Crippen molar-refractivity contribution >= 4 is 6.16 Å². The van der Waals surface area contributed by atoms with Crippen LogP contribution in [0.5, 0.6) is 5.75 Å². The molecular formula is C29H42O3. The summed E-state index contributed by atoms with van der Waals surface area (Å²) >= 11 is 0. The number of ether oxygens (including phenoxy) is 1. The van der Waals surface area contributed by atoms with Crippen LogP contribution in [0, 0.1) is 0 Å². The molecule has 0 aliphatic heterocycles. The molecule has 3 heteroatoms. The standard InChI is InChI=1S/C29H42O3/c1-5-9-11-17-25-26(24-19-13-16-22(14-7-3)23(24)15-8-4)20-21-28(32-29(30)31)27(25)18-12-10-6-2/h13,16,19-21H,5-12,14-15,17-18H2,1-4H3,(H,30,31). The van der Waals surface area contributed by atoms with Crippen molar-refractivity contribution in [3.63, 3.8) is 0 Å². The van der Waals surface area contributed by atoms with Gasteiger partial charge >= 0.3 is 6.16 Å². The molecule has 2 rings (SSSR count). The first-order valence-corrected chi connectivity index (χ1v) is 12.7. The fourth-order valence-electron chi connectivity index (χ4n) is 4.71. The lowest BCUT2D eigenvalue weighted by atomic mass is 9.84. The van der Waals surface area contributed by atoms with Crippen LogP contribution in [-0.4, -0.2) is 11.3 Å². The first-order valence-electron chi connectivity index (χ1n) is 12.7. The van der Waals surface area contributed by atoms with Gasteiger partial charge in [-0.1, -0.05) is 90.5 Å². The minimum Gasteiger partial charge on any atom is -0.449 e. The molecule has 0 saturated carbocycles. The van der Waals surface area contributed by atoms with Gasteiger partial charge in [0.2, 0.25) is 0 Å². The maximum atomic E-state index is 11.4. The SMILES string of the molecule is CCCCCc1c(OC(=O)O)ccc(-c2cccc(CCC)c2CCC)c1CCCCC. The number of carbonyl (C=O) groups is 1. The van der Waals surface area contributed by atoms with E-state index in [1.165, 1.54) is 40.7 Å². The van der Waals surface area contributed by atoms with E-state index < -0.39 is 6.16 Å². The van der Waals surface area contributed by atoms with Crippen LogP contribution in [0.2, 0.25) is 0 Å². The average molecular weight is 439 g/mol. The number of aryl methyl sites for hydroxylation is 1. The normalized spacial score (nSPS) is 11.0. The molecule has 0 amide bonds. The van der Waals surface area contributed by atoms with Crippen LogP contribution in [0.3, 0.4) is 0 Å². The third-order valence-corrected chi connectivity index (χ3v) is 6.23. The lowest BCUT2D eigenvalue weighted by molar-refractivity contribution is 0.144. The van der Waals surface area contributed by atoms with Gasteiger partial charge in [-0.2, -0.15) is 0 Å². The number of carboxylic acid groups (broad SMARTS) is 1. The van der Waals surface area contributed by atoms with Gasteiger partial charge in [0.25, 0.3) is 0 Å². The second-order valence-electron chi connectivity index (χ2n) is 8.79. The van der Waals surface area contributed by atoms with E-state index in [4.69, 9.17) is 4.74 Å². The van der Waals surface area contributed by atoms with Crippen molar-refractivity contribution in [1.29, 1.82) is 0 Å². The van der Waals surface area contributed by atoms with Crippen molar-refractivity contribution in [2.45, 2.75) is 105 Å². The van der Waals surface area contributed by atoms with Crippen molar-refractivity contribution in [3.8, 4) is 16.9 Å². The molecule has 1 N–H and O–H groups in total. The van der Waals surface area contributed by atoms with Gasteiger partial charge in [0.1, 0.15) is 5.75 Å². The summed E-state index contributed by atoms with van der Waals surface area (Å²) in [6, 6.07) is 10.7. The summed E-state index contributed by atoms with van der Waals surface area (Å²) in [7, 11) is 0. The molecule has 0 heterocycles. The van der Waals surface area contributed by atoms with E-state index in [1.54, 1.807) is 0 Å². The third kappa shape index (κ3) is 7.12. The van der Waals surface area contributed by atoms with Gasteiger partial charge in [0, 0.05) is 0 Å². The molecule has 0 fully saturated rings. The molecule has 0 unspecified atom stereocenters. The second kappa shape index (κ2) is 14.0. The van der Waals surface area contributed by atoms with Gasteiger partial charge < -0.3 is 9.84 Å². The van der Waals surface area contributed by atoms with Crippen molar-refractivity contribution < 1.29 is 14.6 Å². The second-order valence-corrected chi connectivity index (χ2v) is 8.79. The van der Waals surface area contributed by atoms with E-state index in [2.05, 4.69) is 52.0 Å². The number of benzene rings is 2. The predicted octanol–water partition coefficient (Wildman–Crippen LogP) is 8.78. The Labute approximate surface area is 195 Å². The maximum absolute atomic E-state index is 11.4. The Kier molecular flexibility index (Phi) is 11.3. The summed E-state index contributed by atoms with van der Waals surface area (Å²) in [5, 5.41) is 9.34. The molecule has 0 aliphatic carbocycles. The van der Waals surface area contributed by atoms with Gasteiger partial charge in [-0.05, 0) is 78.0 Å². The molecule has 0 spiro atoms. The van der Waals surface area contributed by atoms with E-state index in [0.717, 1.165) is 69.8 Å². The van der Waals surface area contributed by atoms with E-state index in [9.17, 15) is 9.90 Å². The smallest absolute Gasteiger partial charge is 0.449 e. The summed E-state index contributed by atoms with van der Waals surface area (Å²) in [6.45, 7) is 8.90. The zero-order chi connectivity index (χ0) is 23.3. The zero-order valence-corrected chi connectivity index (χ0v) is 20.6. The molecule has 0 atom stereocenters. The van der Waals surface area contributed by atoms with Crippen LogP contribution in [0.15, 0.2) is 30.3 Å². The summed E-state index contributed by atoms with van der Waals surface area (Å²) in [6.07, 6.45) is 11.8. The summed E-state index contributed by atoms with van der Waals surface area (Å²) < 4.78 is 5.27. The Morgan fingerprint density at radius 2 is 1.31 bits per heavy atom. The molecule has 0 aliphatic rings. The number of hydrogen-bond donors (Lipinski definition) is 1. The van der Waals surface area contributed by atoms with Crippen LogP contribution in [0.4, 0.5) is 4.79 Å². The van der Waals surface area contributed by atoms with Crippen molar-refractivity contribution in [3.05, 3.63) is 52.6 Å². The molecule has 2 aromatic carbocycles. The highest BCUT2D eigenvalue weighted by atomic mass is 16.7. The Morgan fingerprint density at radius 3 is 1.91 bits per heavy atom.